The Hall–Kier alpha value is -3.15. The lowest BCUT2D eigenvalue weighted by Gasteiger charge is -2.07. The van der Waals surface area contributed by atoms with E-state index in [1.807, 2.05) is 31.2 Å². The van der Waals surface area contributed by atoms with Gasteiger partial charge in [0.25, 0.3) is 0 Å². The van der Waals surface area contributed by atoms with Crippen LogP contribution in [0.25, 0.3) is 0 Å². The molecule has 0 unspecified atom stereocenters. The Morgan fingerprint density at radius 3 is 2.46 bits per heavy atom. The molecule has 0 aliphatic carbocycles. The minimum absolute atomic E-state index is 0.0236. The first-order chi connectivity index (χ1) is 11.6. The molecule has 2 aromatic rings. The maximum atomic E-state index is 11.8. The van der Waals surface area contributed by atoms with Crippen molar-refractivity contribution < 1.29 is 14.7 Å². The topological polar surface area (TPSA) is 90.8 Å². The molecule has 0 heterocycles. The summed E-state index contributed by atoms with van der Waals surface area (Å²) in [4.78, 5) is 23.5. The molecule has 2 amide bonds. The summed E-state index contributed by atoms with van der Waals surface area (Å²) in [6, 6.07) is 14.1. The largest absolute Gasteiger partial charge is 0.507 e. The lowest BCUT2D eigenvalue weighted by molar-refractivity contribution is -0.124. The van der Waals surface area contributed by atoms with Crippen molar-refractivity contribution >= 4 is 23.7 Å². The summed E-state index contributed by atoms with van der Waals surface area (Å²) in [6.07, 6.45) is 1.43. The highest BCUT2D eigenvalue weighted by molar-refractivity contribution is 5.94. The fourth-order valence-electron chi connectivity index (χ4n) is 1.98. The third-order valence-electron chi connectivity index (χ3n) is 3.33. The van der Waals surface area contributed by atoms with Gasteiger partial charge < -0.3 is 10.4 Å². The molecule has 2 aromatic carbocycles. The third kappa shape index (κ3) is 5.24. The van der Waals surface area contributed by atoms with E-state index in [-0.39, 0.29) is 30.4 Å². The number of phenolic OH excluding ortho intramolecular Hbond substituents is 1. The number of carbonyl (C=O) groups is 2. The highest BCUT2D eigenvalue weighted by Gasteiger charge is 2.07. The molecule has 0 aliphatic heterocycles. The van der Waals surface area contributed by atoms with Crippen LogP contribution in [0.2, 0.25) is 0 Å². The fraction of sp³-hybridized carbons (Fsp3) is 0.167. The summed E-state index contributed by atoms with van der Waals surface area (Å²) < 4.78 is 0. The number of anilines is 1. The van der Waals surface area contributed by atoms with Crippen LogP contribution >= 0.6 is 0 Å². The van der Waals surface area contributed by atoms with Crippen LogP contribution in [0.15, 0.2) is 53.6 Å². The van der Waals surface area contributed by atoms with Gasteiger partial charge in [0, 0.05) is 24.1 Å². The van der Waals surface area contributed by atoms with E-state index in [2.05, 4.69) is 15.8 Å². The Labute approximate surface area is 140 Å². The summed E-state index contributed by atoms with van der Waals surface area (Å²) in [5.74, 6) is -0.529. The van der Waals surface area contributed by atoms with Gasteiger partial charge in [-0.3, -0.25) is 9.59 Å². The molecular weight excluding hydrogens is 306 g/mol. The fourth-order valence-corrected chi connectivity index (χ4v) is 1.98. The van der Waals surface area contributed by atoms with Crippen molar-refractivity contribution in [3.63, 3.8) is 0 Å². The van der Waals surface area contributed by atoms with Crippen molar-refractivity contribution in [3.05, 3.63) is 59.7 Å². The molecular formula is C18H19N3O3. The maximum absolute atomic E-state index is 11.8. The molecule has 0 radical (unpaired) electrons. The van der Waals surface area contributed by atoms with Crippen LogP contribution in [-0.4, -0.2) is 23.1 Å². The van der Waals surface area contributed by atoms with Crippen LogP contribution in [0.3, 0.4) is 0 Å². The second kappa shape index (κ2) is 8.47. The van der Waals surface area contributed by atoms with Crippen molar-refractivity contribution in [2.45, 2.75) is 19.8 Å². The number of amides is 2. The van der Waals surface area contributed by atoms with E-state index in [1.165, 1.54) is 12.3 Å². The van der Waals surface area contributed by atoms with Gasteiger partial charge in [0.1, 0.15) is 5.75 Å². The molecule has 24 heavy (non-hydrogen) atoms. The predicted molar refractivity (Wildman–Crippen MR) is 92.9 cm³/mol. The van der Waals surface area contributed by atoms with Gasteiger partial charge in [-0.05, 0) is 30.7 Å². The number of aryl methyl sites for hydroxylation is 1. The number of benzene rings is 2. The van der Waals surface area contributed by atoms with Crippen molar-refractivity contribution in [1.82, 2.24) is 5.43 Å². The first-order valence-corrected chi connectivity index (χ1v) is 7.51. The average Bonchev–Trinajstić information content (AvgIpc) is 2.57. The normalized spacial score (nSPS) is 10.5. The van der Waals surface area contributed by atoms with Gasteiger partial charge in [-0.15, -0.1) is 0 Å². The summed E-state index contributed by atoms with van der Waals surface area (Å²) in [5.41, 5.74) is 4.52. The Morgan fingerprint density at radius 2 is 1.71 bits per heavy atom. The summed E-state index contributed by atoms with van der Waals surface area (Å²) in [7, 11) is 0. The van der Waals surface area contributed by atoms with E-state index < -0.39 is 0 Å². The van der Waals surface area contributed by atoms with Crippen molar-refractivity contribution in [2.75, 3.05) is 5.32 Å². The molecule has 0 spiro atoms. The zero-order chi connectivity index (χ0) is 17.4. The zero-order valence-corrected chi connectivity index (χ0v) is 13.3. The molecule has 0 fully saturated rings. The monoisotopic (exact) mass is 325 g/mol. The zero-order valence-electron chi connectivity index (χ0n) is 13.3. The quantitative estimate of drug-likeness (QED) is 0.563. The Kier molecular flexibility index (Phi) is 6.08. The second-order valence-corrected chi connectivity index (χ2v) is 5.22. The number of hydrogen-bond acceptors (Lipinski definition) is 4. The standard InChI is InChI=1S/C18H19N3O3/c1-13-6-2-4-8-15(13)20-17(23)10-11-18(24)21-19-12-14-7-3-5-9-16(14)22/h2-9,12,22H,10-11H2,1H3,(H,20,23)(H,21,24)/b19-12-. The van der Waals surface area contributed by atoms with Crippen LogP contribution in [0.1, 0.15) is 24.0 Å². The smallest absolute Gasteiger partial charge is 0.240 e. The van der Waals surface area contributed by atoms with E-state index >= 15 is 0 Å². The van der Waals surface area contributed by atoms with E-state index in [9.17, 15) is 14.7 Å². The van der Waals surface area contributed by atoms with Gasteiger partial charge in [-0.2, -0.15) is 5.10 Å². The highest BCUT2D eigenvalue weighted by Crippen LogP contribution is 2.14. The van der Waals surface area contributed by atoms with E-state index in [1.54, 1.807) is 18.2 Å². The number of hydrogen-bond donors (Lipinski definition) is 3. The molecule has 0 atom stereocenters. The van der Waals surface area contributed by atoms with Crippen LogP contribution in [0.5, 0.6) is 5.75 Å². The van der Waals surface area contributed by atoms with Crippen LogP contribution in [0, 0.1) is 6.92 Å². The number of rotatable bonds is 6. The molecule has 0 bridgehead atoms. The molecule has 6 heteroatoms. The first-order valence-electron chi connectivity index (χ1n) is 7.51. The predicted octanol–water partition coefficient (Wildman–Crippen LogP) is 2.57. The highest BCUT2D eigenvalue weighted by atomic mass is 16.3. The molecule has 0 aromatic heterocycles. The van der Waals surface area contributed by atoms with Crippen LogP contribution < -0.4 is 10.7 Å². The molecule has 6 nitrogen and oxygen atoms in total. The average molecular weight is 325 g/mol. The number of phenols is 1. The van der Waals surface area contributed by atoms with Gasteiger partial charge in [0.15, 0.2) is 0 Å². The van der Waals surface area contributed by atoms with Crippen LogP contribution in [0.4, 0.5) is 5.69 Å². The van der Waals surface area contributed by atoms with Gasteiger partial charge in [-0.1, -0.05) is 30.3 Å². The number of para-hydroxylation sites is 2. The Bertz CT molecular complexity index is 757. The van der Waals surface area contributed by atoms with Crippen molar-refractivity contribution in [1.29, 1.82) is 0 Å². The van der Waals surface area contributed by atoms with Crippen LogP contribution in [-0.2, 0) is 9.59 Å². The van der Waals surface area contributed by atoms with E-state index in [0.717, 1.165) is 11.3 Å². The van der Waals surface area contributed by atoms with Gasteiger partial charge >= 0.3 is 0 Å². The van der Waals surface area contributed by atoms with E-state index in [4.69, 9.17) is 0 Å². The van der Waals surface area contributed by atoms with Crippen molar-refractivity contribution in [2.24, 2.45) is 5.10 Å². The molecule has 0 aliphatic rings. The Morgan fingerprint density at radius 1 is 1.04 bits per heavy atom. The first kappa shape index (κ1) is 17.2. The minimum atomic E-state index is -0.374. The lowest BCUT2D eigenvalue weighted by Crippen LogP contribution is -2.20. The Balaban J connectivity index is 1.76. The molecule has 0 saturated heterocycles. The minimum Gasteiger partial charge on any atom is -0.507 e. The summed E-state index contributed by atoms with van der Waals surface area (Å²) in [5, 5.41) is 16.1. The number of carbonyl (C=O) groups excluding carboxylic acids is 2. The molecule has 3 N–H and O–H groups in total. The SMILES string of the molecule is Cc1ccccc1NC(=O)CCC(=O)N/N=C\c1ccccc1O. The van der Waals surface area contributed by atoms with E-state index in [0.29, 0.717) is 5.56 Å². The molecule has 2 rings (SSSR count). The third-order valence-corrected chi connectivity index (χ3v) is 3.33. The number of hydrazone groups is 1. The van der Waals surface area contributed by atoms with Gasteiger partial charge in [-0.25, -0.2) is 5.43 Å². The van der Waals surface area contributed by atoms with Gasteiger partial charge in [0.05, 0.1) is 6.21 Å². The summed E-state index contributed by atoms with van der Waals surface area (Å²) >= 11 is 0. The second-order valence-electron chi connectivity index (χ2n) is 5.22. The lowest BCUT2D eigenvalue weighted by atomic mass is 10.2. The van der Waals surface area contributed by atoms with Crippen molar-refractivity contribution in [3.8, 4) is 5.75 Å². The maximum Gasteiger partial charge on any atom is 0.240 e. The number of nitrogens with zero attached hydrogens (tertiary/aromatic N) is 1. The molecule has 0 saturated carbocycles. The number of nitrogens with one attached hydrogen (secondary N) is 2. The number of aromatic hydroxyl groups is 1. The molecule has 124 valence electrons. The van der Waals surface area contributed by atoms with Gasteiger partial charge in [0.2, 0.25) is 11.8 Å². The summed E-state index contributed by atoms with van der Waals surface area (Å²) in [6.45, 7) is 1.90.